The Bertz CT molecular complexity index is 503. The van der Waals surface area contributed by atoms with Crippen LogP contribution in [0.15, 0.2) is 18.2 Å². The second-order valence-electron chi connectivity index (χ2n) is 4.86. The van der Waals surface area contributed by atoms with Crippen molar-refractivity contribution in [2.75, 3.05) is 0 Å². The van der Waals surface area contributed by atoms with Gasteiger partial charge in [0.1, 0.15) is 0 Å². The highest BCUT2D eigenvalue weighted by Crippen LogP contribution is 2.19. The third-order valence-corrected chi connectivity index (χ3v) is 3.76. The zero-order valence-electron chi connectivity index (χ0n) is 10.7. The van der Waals surface area contributed by atoms with E-state index in [1.807, 2.05) is 0 Å². The van der Waals surface area contributed by atoms with E-state index in [9.17, 15) is 9.59 Å². The summed E-state index contributed by atoms with van der Waals surface area (Å²) in [6.45, 7) is 3.59. The number of hydrogen-bond donors (Lipinski definition) is 2. The van der Waals surface area contributed by atoms with Gasteiger partial charge in [-0.15, -0.1) is 0 Å². The van der Waals surface area contributed by atoms with Gasteiger partial charge in [0.25, 0.3) is 5.91 Å². The fraction of sp³-hybridized carbons (Fsp3) is 0.385. The first-order valence-corrected chi connectivity index (χ1v) is 7.16. The predicted molar refractivity (Wildman–Crippen MR) is 82.6 cm³/mol. The fourth-order valence-corrected chi connectivity index (χ4v) is 2.28. The monoisotopic (exact) mass is 395 g/mol. The van der Waals surface area contributed by atoms with E-state index in [0.29, 0.717) is 17.0 Å². The lowest BCUT2D eigenvalue weighted by Crippen LogP contribution is -2.44. The number of carbonyl (C=O) groups is 2. The zero-order chi connectivity index (χ0) is 14.6. The predicted octanol–water partition coefficient (Wildman–Crippen LogP) is 3.32. The van der Waals surface area contributed by atoms with Crippen molar-refractivity contribution in [3.63, 3.8) is 0 Å². The highest BCUT2D eigenvalue weighted by Gasteiger charge is 2.23. The third kappa shape index (κ3) is 5.36. The van der Waals surface area contributed by atoms with E-state index in [-0.39, 0.29) is 12.3 Å². The van der Waals surface area contributed by atoms with Gasteiger partial charge >= 0.3 is 5.97 Å². The summed E-state index contributed by atoms with van der Waals surface area (Å²) in [4.78, 5) is 22.7. The Kier molecular flexibility index (Phi) is 5.61. The first kappa shape index (κ1) is 16.2. The molecule has 0 unspecified atom stereocenters. The van der Waals surface area contributed by atoms with Gasteiger partial charge in [-0.1, -0.05) is 11.6 Å². The maximum Gasteiger partial charge on any atom is 0.303 e. The minimum atomic E-state index is -0.875. The van der Waals surface area contributed by atoms with Crippen LogP contribution in [0.5, 0.6) is 0 Å². The molecule has 0 fully saturated rings. The molecule has 2 N–H and O–H groups in total. The molecule has 1 aromatic carbocycles. The van der Waals surface area contributed by atoms with Crippen molar-refractivity contribution >= 4 is 46.1 Å². The Morgan fingerprint density at radius 2 is 2.05 bits per heavy atom. The van der Waals surface area contributed by atoms with E-state index in [1.54, 1.807) is 32.0 Å². The van der Waals surface area contributed by atoms with Crippen molar-refractivity contribution in [1.29, 1.82) is 0 Å². The topological polar surface area (TPSA) is 66.4 Å². The van der Waals surface area contributed by atoms with Gasteiger partial charge in [-0.3, -0.25) is 9.59 Å². The molecule has 0 aliphatic carbocycles. The number of carboxylic acids is 1. The first-order chi connectivity index (χ1) is 8.71. The van der Waals surface area contributed by atoms with Gasteiger partial charge < -0.3 is 10.4 Å². The molecule has 0 aromatic heterocycles. The van der Waals surface area contributed by atoms with Crippen molar-refractivity contribution in [2.45, 2.75) is 32.2 Å². The molecular weight excluding hydrogens is 381 g/mol. The van der Waals surface area contributed by atoms with E-state index in [2.05, 4.69) is 27.9 Å². The summed E-state index contributed by atoms with van der Waals surface area (Å²) in [5.41, 5.74) is -0.0857. The molecule has 0 bridgehead atoms. The fourth-order valence-electron chi connectivity index (χ4n) is 1.53. The van der Waals surface area contributed by atoms with Crippen molar-refractivity contribution in [3.8, 4) is 0 Å². The van der Waals surface area contributed by atoms with Crippen molar-refractivity contribution in [3.05, 3.63) is 32.4 Å². The molecule has 0 spiro atoms. The molecule has 19 heavy (non-hydrogen) atoms. The number of hydrogen-bond acceptors (Lipinski definition) is 2. The summed E-state index contributed by atoms with van der Waals surface area (Å²) in [6.07, 6.45) is 0.380. The number of benzene rings is 1. The summed E-state index contributed by atoms with van der Waals surface area (Å²) in [5.74, 6) is -1.12. The molecule has 104 valence electrons. The number of amides is 1. The highest BCUT2D eigenvalue weighted by atomic mass is 127. The van der Waals surface area contributed by atoms with Crippen LogP contribution in [0, 0.1) is 3.57 Å². The number of halogens is 2. The summed E-state index contributed by atoms with van der Waals surface area (Å²) >= 11 is 7.94. The molecule has 4 nitrogen and oxygen atoms in total. The second kappa shape index (κ2) is 6.56. The molecular formula is C13H15ClINO3. The van der Waals surface area contributed by atoms with Gasteiger partial charge in [-0.2, -0.15) is 0 Å². The summed E-state index contributed by atoms with van der Waals surface area (Å²) < 4.78 is 0.800. The quantitative estimate of drug-likeness (QED) is 0.752. The number of rotatable bonds is 5. The van der Waals surface area contributed by atoms with E-state index >= 15 is 0 Å². The van der Waals surface area contributed by atoms with Crippen LogP contribution in [-0.4, -0.2) is 22.5 Å². The third-order valence-electron chi connectivity index (χ3n) is 2.59. The van der Waals surface area contributed by atoms with Crippen molar-refractivity contribution < 1.29 is 14.7 Å². The van der Waals surface area contributed by atoms with Crippen LogP contribution in [0.2, 0.25) is 5.02 Å². The Hall–Kier alpha value is -0.820. The van der Waals surface area contributed by atoms with Crippen LogP contribution in [0.25, 0.3) is 0 Å². The van der Waals surface area contributed by atoms with Crippen LogP contribution in [0.3, 0.4) is 0 Å². The smallest absolute Gasteiger partial charge is 0.303 e. The van der Waals surface area contributed by atoms with Gasteiger partial charge in [0.15, 0.2) is 0 Å². The molecule has 0 atom stereocenters. The standard InChI is InChI=1S/C13H15ClINO3/c1-13(2,6-5-11(17)18)16-12(19)9-7-8(14)3-4-10(9)15/h3-4,7H,5-6H2,1-2H3,(H,16,19)(H,17,18). The molecule has 0 aliphatic heterocycles. The van der Waals surface area contributed by atoms with E-state index in [0.717, 1.165) is 3.57 Å². The SMILES string of the molecule is CC(C)(CCC(=O)O)NC(=O)c1cc(Cl)ccc1I. The Morgan fingerprint density at radius 1 is 1.42 bits per heavy atom. The molecule has 0 aliphatic rings. The minimum absolute atomic E-state index is 0.0138. The molecule has 0 heterocycles. The highest BCUT2D eigenvalue weighted by molar-refractivity contribution is 14.1. The van der Waals surface area contributed by atoms with Gasteiger partial charge in [-0.25, -0.2) is 0 Å². The van der Waals surface area contributed by atoms with Crippen LogP contribution in [0.1, 0.15) is 37.0 Å². The largest absolute Gasteiger partial charge is 0.481 e. The average molecular weight is 396 g/mol. The lowest BCUT2D eigenvalue weighted by Gasteiger charge is -2.26. The number of aliphatic carboxylic acids is 1. The van der Waals surface area contributed by atoms with Crippen molar-refractivity contribution in [1.82, 2.24) is 5.32 Å². The maximum absolute atomic E-state index is 12.2. The first-order valence-electron chi connectivity index (χ1n) is 5.70. The van der Waals surface area contributed by atoms with Gasteiger partial charge in [0.05, 0.1) is 5.56 Å². The molecule has 1 amide bonds. The molecule has 0 saturated carbocycles. The van der Waals surface area contributed by atoms with Crippen LogP contribution < -0.4 is 5.32 Å². The molecule has 1 rings (SSSR count). The van der Waals surface area contributed by atoms with E-state index < -0.39 is 11.5 Å². The summed E-state index contributed by atoms with van der Waals surface area (Å²) in [7, 11) is 0. The Balaban J connectivity index is 2.78. The number of nitrogens with one attached hydrogen (secondary N) is 1. The molecule has 0 saturated heterocycles. The number of carboxylic acid groups (broad SMARTS) is 1. The molecule has 6 heteroatoms. The average Bonchev–Trinajstić information content (AvgIpc) is 2.29. The summed E-state index contributed by atoms with van der Waals surface area (Å²) in [5, 5.41) is 12.0. The van der Waals surface area contributed by atoms with Crippen molar-refractivity contribution in [2.24, 2.45) is 0 Å². The van der Waals surface area contributed by atoms with Crippen LogP contribution in [0.4, 0.5) is 0 Å². The van der Waals surface area contributed by atoms with Gasteiger partial charge in [-0.05, 0) is 61.1 Å². The zero-order valence-corrected chi connectivity index (χ0v) is 13.6. The Morgan fingerprint density at radius 3 is 2.63 bits per heavy atom. The maximum atomic E-state index is 12.2. The van der Waals surface area contributed by atoms with Gasteiger partial charge in [0.2, 0.25) is 0 Å². The lowest BCUT2D eigenvalue weighted by atomic mass is 9.98. The summed E-state index contributed by atoms with van der Waals surface area (Å²) in [6, 6.07) is 5.09. The molecule has 0 radical (unpaired) electrons. The Labute approximate surface area is 130 Å². The van der Waals surface area contributed by atoms with Crippen LogP contribution in [-0.2, 0) is 4.79 Å². The van der Waals surface area contributed by atoms with E-state index in [4.69, 9.17) is 16.7 Å². The lowest BCUT2D eigenvalue weighted by molar-refractivity contribution is -0.137. The minimum Gasteiger partial charge on any atom is -0.481 e. The van der Waals surface area contributed by atoms with E-state index in [1.165, 1.54) is 0 Å². The van der Waals surface area contributed by atoms with Gasteiger partial charge in [0, 0.05) is 20.6 Å². The molecule has 1 aromatic rings. The van der Waals surface area contributed by atoms with Crippen LogP contribution >= 0.6 is 34.2 Å². The normalized spacial score (nSPS) is 11.2. The number of carbonyl (C=O) groups excluding carboxylic acids is 1. The second-order valence-corrected chi connectivity index (χ2v) is 6.45.